The van der Waals surface area contributed by atoms with Gasteiger partial charge in [-0.25, -0.2) is 4.99 Å². The summed E-state index contributed by atoms with van der Waals surface area (Å²) < 4.78 is 11.1. The fourth-order valence-corrected chi connectivity index (χ4v) is 3.14. The minimum atomic E-state index is 0. The van der Waals surface area contributed by atoms with Crippen LogP contribution in [0.1, 0.15) is 18.1 Å². The number of para-hydroxylation sites is 2. The lowest BCUT2D eigenvalue weighted by Gasteiger charge is -2.14. The number of fused-ring (bicyclic) bond motifs is 1. The van der Waals surface area contributed by atoms with Gasteiger partial charge in [0.1, 0.15) is 11.9 Å². The molecule has 3 N–H and O–H groups in total. The Hall–Kier alpha value is -2.16. The Labute approximate surface area is 183 Å². The summed E-state index contributed by atoms with van der Waals surface area (Å²) in [5, 5.41) is 16.7. The van der Waals surface area contributed by atoms with Crippen LogP contribution in [0.15, 0.2) is 47.5 Å². The number of benzene rings is 2. The second-order valence-corrected chi connectivity index (χ2v) is 6.42. The largest absolute Gasteiger partial charge is 0.504 e. The molecule has 1 atom stereocenters. The Morgan fingerprint density at radius 3 is 2.79 bits per heavy atom. The van der Waals surface area contributed by atoms with E-state index < -0.39 is 0 Å². The number of hydrogen-bond donors (Lipinski definition) is 3. The molecule has 0 aromatic heterocycles. The maximum atomic E-state index is 10.2. The number of phenols is 1. The Morgan fingerprint density at radius 1 is 1.21 bits per heavy atom. The highest BCUT2D eigenvalue weighted by atomic mass is 127. The van der Waals surface area contributed by atoms with Crippen LogP contribution in [0.4, 0.5) is 0 Å². The second-order valence-electron chi connectivity index (χ2n) is 6.42. The van der Waals surface area contributed by atoms with Crippen LogP contribution in [0.5, 0.6) is 17.2 Å². The molecule has 1 aliphatic rings. The molecule has 2 aromatic carbocycles. The van der Waals surface area contributed by atoms with E-state index in [1.54, 1.807) is 13.2 Å². The Bertz CT molecular complexity index is 773. The summed E-state index contributed by atoms with van der Waals surface area (Å²) in [5.41, 5.74) is 2.08. The van der Waals surface area contributed by atoms with Crippen molar-refractivity contribution in [3.63, 3.8) is 0 Å². The van der Waals surface area contributed by atoms with Crippen LogP contribution >= 0.6 is 24.0 Å². The Balaban J connectivity index is 0.00000280. The van der Waals surface area contributed by atoms with Gasteiger partial charge >= 0.3 is 0 Å². The average Bonchev–Trinajstić information content (AvgIpc) is 3.10. The standard InChI is InChI=1S/C21H27N3O3.HI/c1-3-22-21(23-12-11-15-8-6-10-19(26-2)20(15)25)24-14-17-13-16-7-4-5-9-18(16)27-17;/h4-10,17,25H,3,11-14H2,1-2H3,(H2,22,23,24);1H. The van der Waals surface area contributed by atoms with Crippen molar-refractivity contribution in [2.75, 3.05) is 26.7 Å². The van der Waals surface area contributed by atoms with Crippen molar-refractivity contribution in [3.8, 4) is 17.2 Å². The van der Waals surface area contributed by atoms with Crippen LogP contribution in [-0.4, -0.2) is 43.9 Å². The summed E-state index contributed by atoms with van der Waals surface area (Å²) in [6.45, 7) is 4.06. The van der Waals surface area contributed by atoms with E-state index in [9.17, 15) is 5.11 Å². The number of methoxy groups -OCH3 is 1. The molecular formula is C21H28IN3O3. The summed E-state index contributed by atoms with van der Waals surface area (Å²) >= 11 is 0. The van der Waals surface area contributed by atoms with Crippen molar-refractivity contribution in [1.82, 2.24) is 10.6 Å². The maximum Gasteiger partial charge on any atom is 0.191 e. The molecule has 1 unspecified atom stereocenters. The van der Waals surface area contributed by atoms with Crippen LogP contribution in [0, 0.1) is 0 Å². The third kappa shape index (κ3) is 5.67. The van der Waals surface area contributed by atoms with E-state index in [0.29, 0.717) is 25.3 Å². The summed E-state index contributed by atoms with van der Waals surface area (Å²) in [6.07, 6.45) is 1.62. The van der Waals surface area contributed by atoms with E-state index in [-0.39, 0.29) is 35.8 Å². The van der Waals surface area contributed by atoms with E-state index in [1.165, 1.54) is 5.56 Å². The van der Waals surface area contributed by atoms with Gasteiger partial charge in [-0.1, -0.05) is 30.3 Å². The molecule has 0 bridgehead atoms. The van der Waals surface area contributed by atoms with E-state index in [1.807, 2.05) is 37.3 Å². The molecule has 0 fully saturated rings. The quantitative estimate of drug-likeness (QED) is 0.312. The molecule has 1 heterocycles. The molecule has 1 aliphatic heterocycles. The normalized spacial score (nSPS) is 15.2. The first-order valence-electron chi connectivity index (χ1n) is 9.32. The fourth-order valence-electron chi connectivity index (χ4n) is 3.14. The number of halogens is 1. The molecule has 0 aliphatic carbocycles. The number of ether oxygens (including phenoxy) is 2. The summed E-state index contributed by atoms with van der Waals surface area (Å²) in [7, 11) is 1.55. The number of nitrogens with one attached hydrogen (secondary N) is 2. The fraction of sp³-hybridized carbons (Fsp3) is 0.381. The SMILES string of the molecule is CCNC(=NCC1Cc2ccccc2O1)NCCc1cccc(OC)c1O.I. The maximum absolute atomic E-state index is 10.2. The van der Waals surface area contributed by atoms with Crippen molar-refractivity contribution >= 4 is 29.9 Å². The monoisotopic (exact) mass is 497 g/mol. The van der Waals surface area contributed by atoms with Crippen molar-refractivity contribution in [2.45, 2.75) is 25.9 Å². The van der Waals surface area contributed by atoms with Gasteiger partial charge in [0.2, 0.25) is 0 Å². The minimum absolute atomic E-state index is 0. The van der Waals surface area contributed by atoms with Crippen molar-refractivity contribution in [2.24, 2.45) is 4.99 Å². The molecular weight excluding hydrogens is 469 g/mol. The molecule has 2 aromatic rings. The van der Waals surface area contributed by atoms with Gasteiger partial charge < -0.3 is 25.2 Å². The smallest absolute Gasteiger partial charge is 0.191 e. The molecule has 0 spiro atoms. The third-order valence-corrected chi connectivity index (χ3v) is 4.50. The molecule has 152 valence electrons. The van der Waals surface area contributed by atoms with E-state index >= 15 is 0 Å². The van der Waals surface area contributed by atoms with Gasteiger partial charge in [0.25, 0.3) is 0 Å². The summed E-state index contributed by atoms with van der Waals surface area (Å²) in [4.78, 5) is 4.65. The number of rotatable bonds is 7. The zero-order valence-electron chi connectivity index (χ0n) is 16.3. The highest BCUT2D eigenvalue weighted by Crippen LogP contribution is 2.29. The van der Waals surface area contributed by atoms with E-state index in [4.69, 9.17) is 9.47 Å². The van der Waals surface area contributed by atoms with Gasteiger partial charge in [0.15, 0.2) is 17.5 Å². The van der Waals surface area contributed by atoms with Crippen LogP contribution in [-0.2, 0) is 12.8 Å². The highest BCUT2D eigenvalue weighted by molar-refractivity contribution is 14.0. The van der Waals surface area contributed by atoms with E-state index in [0.717, 1.165) is 30.2 Å². The number of phenolic OH excluding ortho intramolecular Hbond substituents is 1. The van der Waals surface area contributed by atoms with Crippen LogP contribution < -0.4 is 20.1 Å². The molecule has 3 rings (SSSR count). The molecule has 0 radical (unpaired) electrons. The van der Waals surface area contributed by atoms with Crippen molar-refractivity contribution < 1.29 is 14.6 Å². The van der Waals surface area contributed by atoms with Crippen LogP contribution in [0.2, 0.25) is 0 Å². The topological polar surface area (TPSA) is 75.1 Å². The van der Waals surface area contributed by atoms with Crippen LogP contribution in [0.25, 0.3) is 0 Å². The van der Waals surface area contributed by atoms with Crippen LogP contribution in [0.3, 0.4) is 0 Å². The van der Waals surface area contributed by atoms with Gasteiger partial charge in [0.05, 0.1) is 13.7 Å². The van der Waals surface area contributed by atoms with Gasteiger partial charge in [0, 0.05) is 19.5 Å². The third-order valence-electron chi connectivity index (χ3n) is 4.50. The lowest BCUT2D eigenvalue weighted by Crippen LogP contribution is -2.39. The predicted octanol–water partition coefficient (Wildman–Crippen LogP) is 3.12. The highest BCUT2D eigenvalue weighted by Gasteiger charge is 2.21. The number of hydrogen-bond acceptors (Lipinski definition) is 4. The van der Waals surface area contributed by atoms with Gasteiger partial charge in [-0.2, -0.15) is 0 Å². The number of nitrogens with zero attached hydrogens (tertiary/aromatic N) is 1. The number of aliphatic imine (C=N–C) groups is 1. The van der Waals surface area contributed by atoms with Crippen molar-refractivity contribution in [1.29, 1.82) is 0 Å². The lowest BCUT2D eigenvalue weighted by molar-refractivity contribution is 0.241. The lowest BCUT2D eigenvalue weighted by atomic mass is 10.1. The number of aromatic hydroxyl groups is 1. The Kier molecular flexibility index (Phi) is 8.69. The summed E-state index contributed by atoms with van der Waals surface area (Å²) in [5.74, 6) is 2.40. The first-order valence-corrected chi connectivity index (χ1v) is 9.32. The molecule has 28 heavy (non-hydrogen) atoms. The number of guanidine groups is 1. The molecule has 7 heteroatoms. The van der Waals surface area contributed by atoms with E-state index in [2.05, 4.69) is 21.7 Å². The molecule has 6 nitrogen and oxygen atoms in total. The van der Waals surface area contributed by atoms with Crippen molar-refractivity contribution in [3.05, 3.63) is 53.6 Å². The summed E-state index contributed by atoms with van der Waals surface area (Å²) in [6, 6.07) is 13.6. The minimum Gasteiger partial charge on any atom is -0.504 e. The van der Waals surface area contributed by atoms with Gasteiger partial charge in [-0.05, 0) is 36.6 Å². The first-order chi connectivity index (χ1) is 13.2. The first kappa shape index (κ1) is 22.1. The predicted molar refractivity (Wildman–Crippen MR) is 122 cm³/mol. The zero-order chi connectivity index (χ0) is 19.1. The van der Waals surface area contributed by atoms with Gasteiger partial charge in [-0.3, -0.25) is 0 Å². The van der Waals surface area contributed by atoms with Gasteiger partial charge in [-0.15, -0.1) is 24.0 Å². The zero-order valence-corrected chi connectivity index (χ0v) is 18.6. The Morgan fingerprint density at radius 2 is 2.04 bits per heavy atom. The second kappa shape index (κ2) is 11.0. The molecule has 0 saturated heterocycles. The molecule has 0 amide bonds. The molecule has 0 saturated carbocycles. The average molecular weight is 497 g/mol.